The Morgan fingerprint density at radius 3 is 1.20 bits per heavy atom. The van der Waals surface area contributed by atoms with Crippen molar-refractivity contribution in [1.29, 1.82) is 0 Å². The summed E-state index contributed by atoms with van der Waals surface area (Å²) in [4.78, 5) is 0. The second-order valence-corrected chi connectivity index (χ2v) is 11.0. The van der Waals surface area contributed by atoms with E-state index in [4.69, 9.17) is 24.9 Å². The van der Waals surface area contributed by atoms with Crippen molar-refractivity contribution in [2.75, 3.05) is 5.88 Å². The van der Waals surface area contributed by atoms with E-state index in [9.17, 15) is 0 Å². The van der Waals surface area contributed by atoms with Crippen molar-refractivity contribution in [3.8, 4) is 0 Å². The Bertz CT molecular complexity index is 246. The predicted octanol–water partition coefficient (Wildman–Crippen LogP) is 5.00. The molecule has 0 saturated carbocycles. The maximum Gasteiger partial charge on any atom is 0.502 e. The molecule has 0 aliphatic rings. The van der Waals surface area contributed by atoms with Crippen LogP contribution in [-0.4, -0.2) is 31.5 Å². The van der Waals surface area contributed by atoms with Gasteiger partial charge in [0.15, 0.2) is 0 Å². The average Bonchev–Trinajstić information content (AvgIpc) is 2.05. The van der Waals surface area contributed by atoms with Gasteiger partial charge in [0, 0.05) is 11.9 Å². The van der Waals surface area contributed by atoms with E-state index in [1.54, 1.807) is 0 Å². The van der Waals surface area contributed by atoms with E-state index in [1.165, 1.54) is 0 Å². The second-order valence-electron chi connectivity index (χ2n) is 8.12. The van der Waals surface area contributed by atoms with Gasteiger partial charge in [0.2, 0.25) is 0 Å². The van der Waals surface area contributed by atoms with Gasteiger partial charge in [0.05, 0.1) is 16.8 Å². The molecule has 0 heterocycles. The van der Waals surface area contributed by atoms with Crippen LogP contribution < -0.4 is 0 Å². The molecule has 0 bridgehead atoms. The Morgan fingerprint density at radius 1 is 0.700 bits per heavy atom. The van der Waals surface area contributed by atoms with Crippen LogP contribution in [0, 0.1) is 0 Å². The number of alkyl halides is 1. The van der Waals surface area contributed by atoms with Crippen molar-refractivity contribution in [3.05, 3.63) is 0 Å². The summed E-state index contributed by atoms with van der Waals surface area (Å²) in [6.45, 7) is 18.3. The van der Waals surface area contributed by atoms with Crippen molar-refractivity contribution in [2.45, 2.75) is 91.6 Å². The molecule has 0 rings (SSSR count). The summed E-state index contributed by atoms with van der Waals surface area (Å²) < 4.78 is 18.9. The Balaban J connectivity index is 5.38. The minimum Gasteiger partial charge on any atom is -0.368 e. The molecule has 3 nitrogen and oxygen atoms in total. The molecule has 20 heavy (non-hydrogen) atoms. The number of hydrogen-bond donors (Lipinski definition) is 0. The van der Waals surface area contributed by atoms with Crippen LogP contribution in [0.4, 0.5) is 0 Å². The van der Waals surface area contributed by atoms with Gasteiger partial charge in [-0.25, -0.2) is 0 Å². The largest absolute Gasteiger partial charge is 0.502 e. The van der Waals surface area contributed by atoms with E-state index in [0.29, 0.717) is 5.88 Å². The van der Waals surface area contributed by atoms with Crippen LogP contribution in [0.15, 0.2) is 0 Å². The summed E-state index contributed by atoms with van der Waals surface area (Å²) >= 11 is 5.88. The van der Waals surface area contributed by atoms with Crippen LogP contribution in [0.3, 0.4) is 0 Å². The van der Waals surface area contributed by atoms with Crippen LogP contribution in [0.5, 0.6) is 0 Å². The van der Waals surface area contributed by atoms with Gasteiger partial charge in [-0.05, 0) is 68.7 Å². The van der Waals surface area contributed by atoms with Gasteiger partial charge in [-0.3, -0.25) is 0 Å². The van der Waals surface area contributed by atoms with E-state index < -0.39 is 8.80 Å². The minimum absolute atomic E-state index is 0.310. The van der Waals surface area contributed by atoms with Crippen LogP contribution in [0.25, 0.3) is 0 Å². The zero-order chi connectivity index (χ0) is 16.2. The molecule has 0 radical (unpaired) electrons. The highest BCUT2D eigenvalue weighted by Crippen LogP contribution is 2.32. The summed E-state index contributed by atoms with van der Waals surface area (Å²) in [7, 11) is -2.81. The Labute approximate surface area is 131 Å². The second kappa shape index (κ2) is 7.10. The van der Waals surface area contributed by atoms with E-state index in [-0.39, 0.29) is 16.8 Å². The summed E-state index contributed by atoms with van der Waals surface area (Å²) in [6.07, 6.45) is 0.829. The molecule has 0 aliphatic carbocycles. The van der Waals surface area contributed by atoms with Crippen LogP contribution in [0.2, 0.25) is 6.04 Å². The molecule has 0 aromatic carbocycles. The Morgan fingerprint density at radius 2 is 1.00 bits per heavy atom. The van der Waals surface area contributed by atoms with Crippen molar-refractivity contribution in [3.63, 3.8) is 0 Å². The summed E-state index contributed by atoms with van der Waals surface area (Å²) in [5.74, 6) is 0.587. The maximum absolute atomic E-state index is 6.32. The normalized spacial score (nSPS) is 14.7. The molecule has 5 heteroatoms. The fraction of sp³-hybridized carbons (Fsp3) is 1.00. The van der Waals surface area contributed by atoms with Crippen molar-refractivity contribution in [2.24, 2.45) is 0 Å². The molecule has 0 aromatic heterocycles. The van der Waals surface area contributed by atoms with Gasteiger partial charge in [-0.2, -0.15) is 0 Å². The van der Waals surface area contributed by atoms with Gasteiger partial charge >= 0.3 is 8.80 Å². The van der Waals surface area contributed by atoms with Gasteiger partial charge < -0.3 is 13.3 Å². The van der Waals surface area contributed by atoms with Crippen molar-refractivity contribution in [1.82, 2.24) is 0 Å². The van der Waals surface area contributed by atoms with Gasteiger partial charge in [-0.1, -0.05) is 0 Å². The first-order chi connectivity index (χ1) is 8.68. The first-order valence-corrected chi connectivity index (χ1v) is 9.81. The zero-order valence-corrected chi connectivity index (χ0v) is 16.5. The lowest BCUT2D eigenvalue weighted by Crippen LogP contribution is -2.57. The van der Waals surface area contributed by atoms with E-state index >= 15 is 0 Å². The topological polar surface area (TPSA) is 27.7 Å². The lowest BCUT2D eigenvalue weighted by Gasteiger charge is -2.43. The van der Waals surface area contributed by atoms with E-state index in [1.807, 2.05) is 62.3 Å². The molecule has 0 spiro atoms. The van der Waals surface area contributed by atoms with E-state index in [0.717, 1.165) is 12.5 Å². The van der Waals surface area contributed by atoms with Crippen molar-refractivity contribution >= 4 is 20.4 Å². The standard InChI is InChI=1S/C15H33ClO3Si/c1-13(2,3)17-20(12-10-11-16,18-14(4,5)6)19-15(7,8)9/h10-12H2,1-9H3. The van der Waals surface area contributed by atoms with Crippen LogP contribution in [-0.2, 0) is 13.3 Å². The third-order valence-electron chi connectivity index (χ3n) is 2.00. The molecular weight excluding hydrogens is 292 g/mol. The lowest BCUT2D eigenvalue weighted by atomic mass is 10.2. The molecule has 0 N–H and O–H groups in total. The van der Waals surface area contributed by atoms with Crippen molar-refractivity contribution < 1.29 is 13.3 Å². The van der Waals surface area contributed by atoms with Gasteiger partial charge in [-0.15, -0.1) is 11.6 Å². The predicted molar refractivity (Wildman–Crippen MR) is 88.4 cm³/mol. The van der Waals surface area contributed by atoms with Gasteiger partial charge in [0.25, 0.3) is 0 Å². The van der Waals surface area contributed by atoms with E-state index in [2.05, 4.69) is 0 Å². The first kappa shape index (κ1) is 20.4. The monoisotopic (exact) mass is 324 g/mol. The highest BCUT2D eigenvalue weighted by Gasteiger charge is 2.49. The van der Waals surface area contributed by atoms with Gasteiger partial charge in [0.1, 0.15) is 0 Å². The fourth-order valence-electron chi connectivity index (χ4n) is 1.90. The number of rotatable bonds is 6. The zero-order valence-electron chi connectivity index (χ0n) is 14.7. The number of halogens is 1. The van der Waals surface area contributed by atoms with Crippen LogP contribution in [0.1, 0.15) is 68.7 Å². The molecule has 0 aliphatic heterocycles. The minimum atomic E-state index is -2.81. The molecular formula is C15H33ClO3Si. The molecule has 0 atom stereocenters. The summed E-state index contributed by atoms with van der Waals surface area (Å²) in [5.41, 5.74) is -0.931. The highest BCUT2D eigenvalue weighted by atomic mass is 35.5. The third kappa shape index (κ3) is 10.2. The molecule has 0 amide bonds. The smallest absolute Gasteiger partial charge is 0.368 e. The Hall–Kier alpha value is 0.387. The third-order valence-corrected chi connectivity index (χ3v) is 6.00. The molecule has 122 valence electrons. The highest BCUT2D eigenvalue weighted by molar-refractivity contribution is 6.61. The first-order valence-electron chi connectivity index (χ1n) is 7.35. The SMILES string of the molecule is CC(C)(C)O[Si](CCCCl)(OC(C)(C)C)OC(C)(C)C. The van der Waals surface area contributed by atoms with Crippen LogP contribution >= 0.6 is 11.6 Å². The molecule has 0 saturated heterocycles. The maximum atomic E-state index is 6.32. The Kier molecular flexibility index (Phi) is 7.24. The molecule has 0 unspecified atom stereocenters. The lowest BCUT2D eigenvalue weighted by molar-refractivity contribution is -0.0752. The summed E-state index contributed by atoms with van der Waals surface area (Å²) in [5, 5.41) is 0. The average molecular weight is 325 g/mol. The summed E-state index contributed by atoms with van der Waals surface area (Å²) in [6, 6.07) is 0.738. The quantitative estimate of drug-likeness (QED) is 0.508. The molecule has 0 aromatic rings. The number of hydrogen-bond acceptors (Lipinski definition) is 3. The fourth-order valence-corrected chi connectivity index (χ4v) is 6.10. The molecule has 0 fully saturated rings.